The summed E-state index contributed by atoms with van der Waals surface area (Å²) < 4.78 is 4.84. The molecule has 0 saturated carbocycles. The van der Waals surface area contributed by atoms with E-state index >= 15 is 0 Å². The van der Waals surface area contributed by atoms with Crippen LogP contribution in [0, 0.1) is 0 Å². The van der Waals surface area contributed by atoms with Crippen molar-refractivity contribution in [3.63, 3.8) is 0 Å². The van der Waals surface area contributed by atoms with Gasteiger partial charge in [-0.3, -0.25) is 0 Å². The Balaban J connectivity index is 3.36. The van der Waals surface area contributed by atoms with Gasteiger partial charge in [0.15, 0.2) is 0 Å². The van der Waals surface area contributed by atoms with E-state index in [1.165, 1.54) is 0 Å². The monoisotopic (exact) mass is 104 g/mol. The fourth-order valence-corrected chi connectivity index (χ4v) is 0.0645. The third kappa shape index (κ3) is 2.60. The van der Waals surface area contributed by atoms with E-state index in [1.807, 2.05) is 13.8 Å². The smallest absolute Gasteiger partial charge is 0.0852 e. The van der Waals surface area contributed by atoms with Gasteiger partial charge in [-0.05, 0) is 13.8 Å². The van der Waals surface area contributed by atoms with Gasteiger partial charge in [0.25, 0.3) is 0 Å². The summed E-state index contributed by atoms with van der Waals surface area (Å²) >= 11 is 0. The van der Waals surface area contributed by atoms with Gasteiger partial charge in [-0.15, -0.1) is 0 Å². The second kappa shape index (κ2) is 2.28. The fraction of sp³-hybridized carbons (Fsp3) is 1.00. The molecule has 7 heavy (non-hydrogen) atoms. The molecule has 44 valence electrons. The summed E-state index contributed by atoms with van der Waals surface area (Å²) in [7, 11) is 1.58. The predicted octanol–water partition coefficient (Wildman–Crippen LogP) is 0.404. The van der Waals surface area contributed by atoms with Crippen molar-refractivity contribution in [1.82, 2.24) is 0 Å². The maximum atomic E-state index is 8.47. The Morgan fingerprint density at radius 1 is 1.57 bits per heavy atom. The maximum absolute atomic E-state index is 8.47. The van der Waals surface area contributed by atoms with E-state index in [-0.39, 0.29) is 12.2 Å². The molecule has 2 heteroatoms. The standard InChI is InChI=1S/C5H12O2/c1-5(2,4-6)7-3/h6H,4H2,1-3H3. The number of ether oxygens (including phenoxy) is 1. The van der Waals surface area contributed by atoms with Gasteiger partial charge in [0.2, 0.25) is 0 Å². The highest BCUT2D eigenvalue weighted by Crippen LogP contribution is 2.03. The molecule has 2 nitrogen and oxygen atoms in total. The highest BCUT2D eigenvalue weighted by Gasteiger charge is 2.12. The molecule has 0 amide bonds. The minimum absolute atomic E-state index is 0.0729. The molecular weight excluding hydrogens is 92.1 g/mol. The van der Waals surface area contributed by atoms with Gasteiger partial charge < -0.3 is 9.84 Å². The number of methoxy groups -OCH3 is 1. The lowest BCUT2D eigenvalue weighted by Gasteiger charge is -2.18. The van der Waals surface area contributed by atoms with Gasteiger partial charge in [-0.2, -0.15) is 0 Å². The van der Waals surface area contributed by atoms with Crippen molar-refractivity contribution in [3.05, 3.63) is 0 Å². The van der Waals surface area contributed by atoms with Crippen LogP contribution < -0.4 is 0 Å². The van der Waals surface area contributed by atoms with E-state index in [2.05, 4.69) is 0 Å². The molecule has 0 aromatic rings. The number of aliphatic hydroxyl groups excluding tert-OH is 1. The first-order chi connectivity index (χ1) is 3.12. The van der Waals surface area contributed by atoms with Crippen molar-refractivity contribution in [3.8, 4) is 0 Å². The Morgan fingerprint density at radius 2 is 2.00 bits per heavy atom. The van der Waals surface area contributed by atoms with E-state index in [0.717, 1.165) is 0 Å². The molecular formula is C5H12O2. The van der Waals surface area contributed by atoms with Crippen molar-refractivity contribution in [1.29, 1.82) is 0 Å². The van der Waals surface area contributed by atoms with E-state index < -0.39 is 0 Å². The number of hydrogen-bond acceptors (Lipinski definition) is 2. The van der Waals surface area contributed by atoms with Crippen LogP contribution in [0.4, 0.5) is 0 Å². The van der Waals surface area contributed by atoms with Gasteiger partial charge >= 0.3 is 0 Å². The number of rotatable bonds is 2. The van der Waals surface area contributed by atoms with Gasteiger partial charge in [0.1, 0.15) is 0 Å². The lowest BCUT2D eigenvalue weighted by molar-refractivity contribution is -0.0226. The van der Waals surface area contributed by atoms with Crippen LogP contribution in [0.1, 0.15) is 13.8 Å². The second-order valence-electron chi connectivity index (χ2n) is 2.12. The van der Waals surface area contributed by atoms with E-state index in [9.17, 15) is 0 Å². The average molecular weight is 104 g/mol. The van der Waals surface area contributed by atoms with Crippen LogP contribution in [0.3, 0.4) is 0 Å². The topological polar surface area (TPSA) is 29.5 Å². The first-order valence-electron chi connectivity index (χ1n) is 2.28. The van der Waals surface area contributed by atoms with Gasteiger partial charge in [0.05, 0.1) is 12.2 Å². The molecule has 0 saturated heterocycles. The lowest BCUT2D eigenvalue weighted by atomic mass is 10.2. The molecule has 0 spiro atoms. The summed E-state index contributed by atoms with van der Waals surface area (Å²) in [6.07, 6.45) is 0. The van der Waals surface area contributed by atoms with E-state index in [1.54, 1.807) is 7.11 Å². The summed E-state index contributed by atoms with van der Waals surface area (Å²) in [6, 6.07) is 0. The minimum Gasteiger partial charge on any atom is -0.393 e. The molecule has 0 bridgehead atoms. The fourth-order valence-electron chi connectivity index (χ4n) is 0.0645. The largest absolute Gasteiger partial charge is 0.393 e. The molecule has 0 heterocycles. The molecule has 0 unspecified atom stereocenters. The number of hydrogen-bond donors (Lipinski definition) is 1. The molecule has 0 aliphatic carbocycles. The Bertz CT molecular complexity index is 44.0. The summed E-state index contributed by atoms with van der Waals surface area (Å²) in [5.41, 5.74) is -0.361. The SMILES string of the molecule is COC(C)(C)CO. The molecule has 0 rings (SSSR count). The third-order valence-electron chi connectivity index (χ3n) is 0.933. The Kier molecular flexibility index (Phi) is 2.26. The molecule has 0 radical (unpaired) electrons. The quantitative estimate of drug-likeness (QED) is 0.549. The van der Waals surface area contributed by atoms with Gasteiger partial charge in [-0.1, -0.05) is 0 Å². The maximum Gasteiger partial charge on any atom is 0.0852 e. The summed E-state index contributed by atoms with van der Waals surface area (Å²) in [4.78, 5) is 0. The van der Waals surface area contributed by atoms with Crippen LogP contribution >= 0.6 is 0 Å². The summed E-state index contributed by atoms with van der Waals surface area (Å²) in [5, 5.41) is 8.47. The highest BCUT2D eigenvalue weighted by molar-refractivity contribution is 4.63. The molecule has 0 aliphatic heterocycles. The van der Waals surface area contributed by atoms with Gasteiger partial charge in [-0.25, -0.2) is 0 Å². The molecule has 0 aromatic carbocycles. The molecule has 0 aliphatic rings. The van der Waals surface area contributed by atoms with Crippen LogP contribution in [0.25, 0.3) is 0 Å². The van der Waals surface area contributed by atoms with Crippen molar-refractivity contribution >= 4 is 0 Å². The van der Waals surface area contributed by atoms with Gasteiger partial charge in [0, 0.05) is 7.11 Å². The zero-order chi connectivity index (χ0) is 5.91. The second-order valence-corrected chi connectivity index (χ2v) is 2.12. The molecule has 0 fully saturated rings. The van der Waals surface area contributed by atoms with Crippen LogP contribution in [0.2, 0.25) is 0 Å². The zero-order valence-electron chi connectivity index (χ0n) is 5.06. The first kappa shape index (κ1) is 6.92. The summed E-state index contributed by atoms with van der Waals surface area (Å²) in [6.45, 7) is 3.73. The molecule has 0 atom stereocenters. The third-order valence-corrected chi connectivity index (χ3v) is 0.933. The molecule has 1 N–H and O–H groups in total. The number of aliphatic hydroxyl groups is 1. The van der Waals surface area contributed by atoms with Crippen LogP contribution in [-0.4, -0.2) is 24.4 Å². The lowest BCUT2D eigenvalue weighted by Crippen LogP contribution is -2.26. The Morgan fingerprint density at radius 3 is 2.00 bits per heavy atom. The van der Waals surface area contributed by atoms with Crippen molar-refractivity contribution in [2.45, 2.75) is 19.4 Å². The first-order valence-corrected chi connectivity index (χ1v) is 2.28. The van der Waals surface area contributed by atoms with Crippen molar-refractivity contribution < 1.29 is 9.84 Å². The Labute approximate surface area is 44.1 Å². The minimum atomic E-state index is -0.361. The summed E-state index contributed by atoms with van der Waals surface area (Å²) in [5.74, 6) is 0. The highest BCUT2D eigenvalue weighted by atomic mass is 16.5. The average Bonchev–Trinajstić information content (AvgIpc) is 1.68. The van der Waals surface area contributed by atoms with E-state index in [0.29, 0.717) is 0 Å². The van der Waals surface area contributed by atoms with Crippen LogP contribution in [0.15, 0.2) is 0 Å². The van der Waals surface area contributed by atoms with Crippen molar-refractivity contribution in [2.75, 3.05) is 13.7 Å². The zero-order valence-corrected chi connectivity index (χ0v) is 5.06. The Hall–Kier alpha value is -0.0800. The van der Waals surface area contributed by atoms with Crippen LogP contribution in [0.5, 0.6) is 0 Å². The van der Waals surface area contributed by atoms with Crippen molar-refractivity contribution in [2.24, 2.45) is 0 Å². The predicted molar refractivity (Wildman–Crippen MR) is 28.2 cm³/mol. The normalized spacial score (nSPS) is 12.0. The van der Waals surface area contributed by atoms with E-state index in [4.69, 9.17) is 9.84 Å². The van der Waals surface area contributed by atoms with Crippen LogP contribution in [-0.2, 0) is 4.74 Å². The molecule has 0 aromatic heterocycles.